The number of nitrogens with zero attached hydrogens (tertiary/aromatic N) is 2. The molecule has 0 aliphatic rings. The van der Waals surface area contributed by atoms with Gasteiger partial charge in [0.2, 0.25) is 0 Å². The van der Waals surface area contributed by atoms with Gasteiger partial charge in [-0.25, -0.2) is 4.79 Å². The van der Waals surface area contributed by atoms with Gasteiger partial charge >= 0.3 is 5.97 Å². The number of carbonyl (C=O) groups is 2. The molecule has 0 heterocycles. The Balaban J connectivity index is 2.35. The smallest absolute Gasteiger partial charge is 0.328 e. The second-order valence-electron chi connectivity index (χ2n) is 5.31. The lowest BCUT2D eigenvalue weighted by Gasteiger charge is -2.27. The second kappa shape index (κ2) is 7.93. The first-order chi connectivity index (χ1) is 11.6. The average molecular weight is 322 g/mol. The van der Waals surface area contributed by atoms with Gasteiger partial charge in [0.15, 0.2) is 0 Å². The molecule has 0 fully saturated rings. The monoisotopic (exact) mass is 322 g/mol. The number of hydrogen-bond donors (Lipinski definition) is 0. The molecule has 0 aliphatic heterocycles. The number of hydrogen-bond acceptors (Lipinski definition) is 4. The summed E-state index contributed by atoms with van der Waals surface area (Å²) in [5.41, 5.74) is 1.66. The van der Waals surface area contributed by atoms with E-state index in [4.69, 9.17) is 10.00 Å². The number of rotatable bonds is 5. The van der Waals surface area contributed by atoms with Gasteiger partial charge in [-0.05, 0) is 30.7 Å². The molecule has 0 unspecified atom stereocenters. The summed E-state index contributed by atoms with van der Waals surface area (Å²) in [4.78, 5) is 26.3. The molecule has 0 aromatic heterocycles. The SMILES string of the molecule is COC(=O)[C@@H](C)N(Cc1ccccc1)C(=O)c1cccc(C#N)c1. The molecule has 5 heteroatoms. The van der Waals surface area contributed by atoms with Crippen LogP contribution < -0.4 is 0 Å². The minimum Gasteiger partial charge on any atom is -0.467 e. The Bertz CT molecular complexity index is 766. The summed E-state index contributed by atoms with van der Waals surface area (Å²) < 4.78 is 4.78. The largest absolute Gasteiger partial charge is 0.467 e. The highest BCUT2D eigenvalue weighted by Gasteiger charge is 2.27. The summed E-state index contributed by atoms with van der Waals surface area (Å²) in [6, 6.07) is 17.1. The van der Waals surface area contributed by atoms with Crippen molar-refractivity contribution in [3.05, 3.63) is 71.3 Å². The second-order valence-corrected chi connectivity index (χ2v) is 5.31. The van der Waals surface area contributed by atoms with E-state index in [9.17, 15) is 9.59 Å². The molecule has 24 heavy (non-hydrogen) atoms. The zero-order chi connectivity index (χ0) is 17.5. The Kier molecular flexibility index (Phi) is 5.69. The molecule has 2 rings (SSSR count). The van der Waals surface area contributed by atoms with Gasteiger partial charge in [-0.3, -0.25) is 4.79 Å². The van der Waals surface area contributed by atoms with E-state index in [1.807, 2.05) is 36.4 Å². The van der Waals surface area contributed by atoms with Crippen LogP contribution >= 0.6 is 0 Å². The van der Waals surface area contributed by atoms with Crippen molar-refractivity contribution in [2.45, 2.75) is 19.5 Å². The van der Waals surface area contributed by atoms with Gasteiger partial charge < -0.3 is 9.64 Å². The quantitative estimate of drug-likeness (QED) is 0.794. The molecule has 0 N–H and O–H groups in total. The lowest BCUT2D eigenvalue weighted by Crippen LogP contribution is -2.43. The standard InChI is InChI=1S/C19H18N2O3/c1-14(19(23)24-2)21(13-15-7-4-3-5-8-15)18(22)17-10-6-9-16(11-17)12-20/h3-11,14H,13H2,1-2H3/t14-/m1/s1. The number of methoxy groups -OCH3 is 1. The minimum atomic E-state index is -0.742. The third kappa shape index (κ3) is 3.99. The van der Waals surface area contributed by atoms with Gasteiger partial charge in [-0.15, -0.1) is 0 Å². The van der Waals surface area contributed by atoms with Crippen molar-refractivity contribution in [2.24, 2.45) is 0 Å². The minimum absolute atomic E-state index is 0.271. The Labute approximate surface area is 141 Å². The average Bonchev–Trinajstić information content (AvgIpc) is 2.65. The van der Waals surface area contributed by atoms with Crippen molar-refractivity contribution in [1.29, 1.82) is 5.26 Å². The van der Waals surface area contributed by atoms with Crippen LogP contribution in [0.4, 0.5) is 0 Å². The normalized spacial score (nSPS) is 11.2. The van der Waals surface area contributed by atoms with Crippen molar-refractivity contribution in [1.82, 2.24) is 4.90 Å². The molecule has 122 valence electrons. The molecular weight excluding hydrogens is 304 g/mol. The molecule has 1 amide bonds. The van der Waals surface area contributed by atoms with Crippen molar-refractivity contribution in [2.75, 3.05) is 7.11 Å². The molecule has 2 aromatic rings. The molecule has 2 aromatic carbocycles. The van der Waals surface area contributed by atoms with Crippen molar-refractivity contribution in [3.8, 4) is 6.07 Å². The fraction of sp³-hybridized carbons (Fsp3) is 0.211. The first-order valence-electron chi connectivity index (χ1n) is 7.49. The van der Waals surface area contributed by atoms with E-state index in [-0.39, 0.29) is 12.5 Å². The lowest BCUT2D eigenvalue weighted by molar-refractivity contribution is -0.145. The predicted octanol–water partition coefficient (Wildman–Crippen LogP) is 2.76. The topological polar surface area (TPSA) is 70.4 Å². The number of nitriles is 1. The summed E-state index contributed by atoms with van der Waals surface area (Å²) >= 11 is 0. The zero-order valence-electron chi connectivity index (χ0n) is 13.6. The summed E-state index contributed by atoms with van der Waals surface area (Å²) in [5, 5.41) is 9.00. The molecule has 1 atom stereocenters. The van der Waals surface area contributed by atoms with Crippen LogP contribution in [0.15, 0.2) is 54.6 Å². The van der Waals surface area contributed by atoms with Crippen LogP contribution in [0.1, 0.15) is 28.4 Å². The molecular formula is C19H18N2O3. The maximum absolute atomic E-state index is 12.9. The third-order valence-electron chi connectivity index (χ3n) is 3.71. The fourth-order valence-electron chi connectivity index (χ4n) is 2.35. The van der Waals surface area contributed by atoms with Crippen LogP contribution in [-0.2, 0) is 16.1 Å². The molecule has 0 aliphatic carbocycles. The van der Waals surface area contributed by atoms with E-state index >= 15 is 0 Å². The van der Waals surface area contributed by atoms with Crippen molar-refractivity contribution in [3.63, 3.8) is 0 Å². The highest BCUT2D eigenvalue weighted by Crippen LogP contribution is 2.15. The number of benzene rings is 2. The highest BCUT2D eigenvalue weighted by atomic mass is 16.5. The fourth-order valence-corrected chi connectivity index (χ4v) is 2.35. The Morgan fingerprint density at radius 2 is 1.88 bits per heavy atom. The number of carbonyl (C=O) groups excluding carboxylic acids is 2. The number of amides is 1. The summed E-state index contributed by atoms with van der Waals surface area (Å²) in [6.07, 6.45) is 0. The zero-order valence-corrected chi connectivity index (χ0v) is 13.6. The van der Waals surface area contributed by atoms with E-state index < -0.39 is 12.0 Å². The van der Waals surface area contributed by atoms with Gasteiger partial charge in [-0.2, -0.15) is 5.26 Å². The first kappa shape index (κ1) is 17.2. The predicted molar refractivity (Wildman–Crippen MR) is 89.0 cm³/mol. The van der Waals surface area contributed by atoms with Gasteiger partial charge in [0.25, 0.3) is 5.91 Å². The molecule has 0 spiro atoms. The number of ether oxygens (including phenoxy) is 1. The van der Waals surface area contributed by atoms with E-state index in [1.165, 1.54) is 18.1 Å². The molecule has 0 radical (unpaired) electrons. The Morgan fingerprint density at radius 3 is 2.50 bits per heavy atom. The van der Waals surface area contributed by atoms with Crippen molar-refractivity contribution >= 4 is 11.9 Å². The van der Waals surface area contributed by atoms with Crippen LogP contribution in [0, 0.1) is 11.3 Å². The maximum Gasteiger partial charge on any atom is 0.328 e. The van der Waals surface area contributed by atoms with Crippen LogP contribution in [0.3, 0.4) is 0 Å². The van der Waals surface area contributed by atoms with E-state index in [0.29, 0.717) is 11.1 Å². The molecule has 0 saturated carbocycles. The van der Waals surface area contributed by atoms with Crippen LogP contribution in [0.2, 0.25) is 0 Å². The Hall–Kier alpha value is -3.13. The van der Waals surface area contributed by atoms with E-state index in [2.05, 4.69) is 0 Å². The molecule has 0 bridgehead atoms. The lowest BCUT2D eigenvalue weighted by atomic mass is 10.1. The summed E-state index contributed by atoms with van der Waals surface area (Å²) in [6.45, 7) is 1.90. The van der Waals surface area contributed by atoms with Crippen LogP contribution in [0.25, 0.3) is 0 Å². The Morgan fingerprint density at radius 1 is 1.17 bits per heavy atom. The van der Waals surface area contributed by atoms with Gasteiger partial charge in [0.05, 0.1) is 18.7 Å². The van der Waals surface area contributed by atoms with Gasteiger partial charge in [-0.1, -0.05) is 36.4 Å². The highest BCUT2D eigenvalue weighted by molar-refractivity contribution is 5.97. The van der Waals surface area contributed by atoms with Gasteiger partial charge in [0, 0.05) is 12.1 Å². The van der Waals surface area contributed by atoms with Crippen molar-refractivity contribution < 1.29 is 14.3 Å². The van der Waals surface area contributed by atoms with E-state index in [1.54, 1.807) is 25.1 Å². The summed E-state index contributed by atoms with van der Waals surface area (Å²) in [5.74, 6) is -0.815. The maximum atomic E-state index is 12.9. The molecule has 0 saturated heterocycles. The van der Waals surface area contributed by atoms with Crippen LogP contribution in [0.5, 0.6) is 0 Å². The first-order valence-corrected chi connectivity index (χ1v) is 7.49. The third-order valence-corrected chi connectivity index (χ3v) is 3.71. The van der Waals surface area contributed by atoms with Crippen LogP contribution in [-0.4, -0.2) is 29.9 Å². The molecule has 5 nitrogen and oxygen atoms in total. The van der Waals surface area contributed by atoms with E-state index in [0.717, 1.165) is 5.56 Å². The van der Waals surface area contributed by atoms with Gasteiger partial charge in [0.1, 0.15) is 6.04 Å². The number of esters is 1. The summed E-state index contributed by atoms with van der Waals surface area (Å²) in [7, 11) is 1.29.